The lowest BCUT2D eigenvalue weighted by molar-refractivity contribution is -0.135. The molecular formula is C10H11NO3S2. The molecule has 2 N–H and O–H groups in total. The molecule has 16 heavy (non-hydrogen) atoms. The summed E-state index contributed by atoms with van der Waals surface area (Å²) >= 11 is 6.30. The van der Waals surface area contributed by atoms with Gasteiger partial charge in [0.25, 0.3) is 0 Å². The van der Waals surface area contributed by atoms with Crippen LogP contribution in [0.15, 0.2) is 17.5 Å². The Kier molecular flexibility index (Phi) is 4.57. The van der Waals surface area contributed by atoms with Gasteiger partial charge in [-0.2, -0.15) is 0 Å². The van der Waals surface area contributed by atoms with E-state index in [1.165, 1.54) is 11.3 Å². The highest BCUT2D eigenvalue weighted by Crippen LogP contribution is 2.15. The van der Waals surface area contributed by atoms with Gasteiger partial charge in [-0.15, -0.1) is 11.3 Å². The van der Waals surface area contributed by atoms with E-state index in [4.69, 9.17) is 17.3 Å². The normalized spacial score (nSPS) is 11.8. The van der Waals surface area contributed by atoms with E-state index in [-0.39, 0.29) is 17.3 Å². The number of carbonyl (C=O) groups is 2. The third-order valence-electron chi connectivity index (χ3n) is 1.96. The van der Waals surface area contributed by atoms with Crippen LogP contribution in [0.3, 0.4) is 0 Å². The van der Waals surface area contributed by atoms with Crippen LogP contribution in [0.4, 0.5) is 0 Å². The zero-order valence-corrected chi connectivity index (χ0v) is 10.2. The Labute approximate surface area is 102 Å². The van der Waals surface area contributed by atoms with E-state index in [1.54, 1.807) is 19.1 Å². The van der Waals surface area contributed by atoms with Gasteiger partial charge in [-0.1, -0.05) is 18.3 Å². The van der Waals surface area contributed by atoms with Crippen molar-refractivity contribution in [1.82, 2.24) is 5.32 Å². The van der Waals surface area contributed by atoms with Crippen LogP contribution >= 0.6 is 23.6 Å². The van der Waals surface area contributed by atoms with Gasteiger partial charge >= 0.3 is 5.97 Å². The zero-order chi connectivity index (χ0) is 12.1. The number of carboxylic acid groups (broad SMARTS) is 1. The first-order valence-electron chi connectivity index (χ1n) is 4.59. The van der Waals surface area contributed by atoms with Crippen molar-refractivity contribution < 1.29 is 14.7 Å². The number of thiophene rings is 1. The molecule has 0 spiro atoms. The first-order chi connectivity index (χ1) is 7.52. The summed E-state index contributed by atoms with van der Waals surface area (Å²) in [5.74, 6) is -1.58. The van der Waals surface area contributed by atoms with Crippen molar-refractivity contribution in [2.45, 2.75) is 6.92 Å². The molecular weight excluding hydrogens is 246 g/mol. The van der Waals surface area contributed by atoms with Crippen LogP contribution in [0.1, 0.15) is 16.6 Å². The number of aliphatic carboxylic acids is 1. The summed E-state index contributed by atoms with van der Waals surface area (Å²) in [6.07, 6.45) is 0. The van der Waals surface area contributed by atoms with Gasteiger partial charge in [-0.25, -0.2) is 0 Å². The Hall–Kier alpha value is -1.27. The number of hydrogen-bond donors (Lipinski definition) is 2. The maximum atomic E-state index is 11.8. The standard InChI is InChI=1S/C10H11NO3S2/c1-6(10(15)11-5-8(12)13)9(14)7-3-2-4-16-7/h2-4,6H,5H2,1H3,(H,11,15)(H,12,13). The van der Waals surface area contributed by atoms with Crippen molar-refractivity contribution in [3.8, 4) is 0 Å². The highest BCUT2D eigenvalue weighted by Gasteiger charge is 2.20. The fraction of sp³-hybridized carbons (Fsp3) is 0.300. The van der Waals surface area contributed by atoms with Crippen LogP contribution in [-0.4, -0.2) is 28.4 Å². The minimum Gasteiger partial charge on any atom is -0.480 e. The van der Waals surface area contributed by atoms with Crippen molar-refractivity contribution in [3.63, 3.8) is 0 Å². The van der Waals surface area contributed by atoms with Crippen LogP contribution in [0.5, 0.6) is 0 Å². The van der Waals surface area contributed by atoms with Gasteiger partial charge < -0.3 is 10.4 Å². The fourth-order valence-corrected chi connectivity index (χ4v) is 2.00. The van der Waals surface area contributed by atoms with Gasteiger partial charge in [-0.3, -0.25) is 9.59 Å². The molecule has 1 rings (SSSR count). The van der Waals surface area contributed by atoms with Crippen molar-refractivity contribution in [3.05, 3.63) is 22.4 Å². The monoisotopic (exact) mass is 257 g/mol. The Balaban J connectivity index is 2.57. The van der Waals surface area contributed by atoms with Gasteiger partial charge in [-0.05, 0) is 18.4 Å². The smallest absolute Gasteiger partial charge is 0.322 e. The van der Waals surface area contributed by atoms with E-state index in [0.717, 1.165) is 0 Å². The summed E-state index contributed by atoms with van der Waals surface area (Å²) in [4.78, 5) is 23.0. The van der Waals surface area contributed by atoms with Crippen molar-refractivity contribution in [1.29, 1.82) is 0 Å². The zero-order valence-electron chi connectivity index (χ0n) is 8.60. The summed E-state index contributed by atoms with van der Waals surface area (Å²) in [6, 6.07) is 3.52. The molecule has 0 bridgehead atoms. The van der Waals surface area contributed by atoms with Crippen LogP contribution < -0.4 is 5.32 Å². The largest absolute Gasteiger partial charge is 0.480 e. The Bertz CT molecular complexity index is 400. The Morgan fingerprint density at radius 2 is 2.31 bits per heavy atom. The average Bonchev–Trinajstić information content (AvgIpc) is 2.77. The molecule has 1 heterocycles. The lowest BCUT2D eigenvalue weighted by atomic mass is 10.1. The summed E-state index contributed by atoms with van der Waals surface area (Å²) < 4.78 is 0. The minimum atomic E-state index is -1.00. The van der Waals surface area contributed by atoms with E-state index >= 15 is 0 Å². The first-order valence-corrected chi connectivity index (χ1v) is 5.88. The van der Waals surface area contributed by atoms with Crippen molar-refractivity contribution in [2.75, 3.05) is 6.54 Å². The number of carbonyl (C=O) groups excluding carboxylic acids is 1. The quantitative estimate of drug-likeness (QED) is 0.619. The number of hydrogen-bond acceptors (Lipinski definition) is 4. The Morgan fingerprint density at radius 3 is 2.81 bits per heavy atom. The maximum Gasteiger partial charge on any atom is 0.322 e. The van der Waals surface area contributed by atoms with E-state index < -0.39 is 11.9 Å². The summed E-state index contributed by atoms with van der Waals surface area (Å²) in [5, 5.41) is 12.8. The third kappa shape index (κ3) is 3.39. The van der Waals surface area contributed by atoms with E-state index in [0.29, 0.717) is 4.88 Å². The van der Waals surface area contributed by atoms with Crippen molar-refractivity contribution in [2.24, 2.45) is 5.92 Å². The predicted octanol–water partition coefficient (Wildman–Crippen LogP) is 1.57. The highest BCUT2D eigenvalue weighted by molar-refractivity contribution is 7.80. The average molecular weight is 257 g/mol. The second kappa shape index (κ2) is 5.72. The van der Waals surface area contributed by atoms with Crippen molar-refractivity contribution >= 4 is 40.3 Å². The number of nitrogens with one attached hydrogen (secondary N) is 1. The van der Waals surface area contributed by atoms with E-state index in [2.05, 4.69) is 5.32 Å². The van der Waals surface area contributed by atoms with Gasteiger partial charge in [0.1, 0.15) is 6.54 Å². The molecule has 0 aliphatic rings. The van der Waals surface area contributed by atoms with Crippen LogP contribution in [0, 0.1) is 5.92 Å². The molecule has 0 amide bonds. The SMILES string of the molecule is CC(C(=O)c1cccs1)C(=S)NCC(=O)O. The minimum absolute atomic E-state index is 0.0853. The second-order valence-electron chi connectivity index (χ2n) is 3.17. The molecule has 0 fully saturated rings. The topological polar surface area (TPSA) is 66.4 Å². The van der Waals surface area contributed by atoms with Gasteiger partial charge in [0.05, 0.1) is 15.8 Å². The summed E-state index contributed by atoms with van der Waals surface area (Å²) in [6.45, 7) is 1.40. The molecule has 1 aromatic rings. The molecule has 4 nitrogen and oxygen atoms in total. The Morgan fingerprint density at radius 1 is 1.62 bits per heavy atom. The van der Waals surface area contributed by atoms with Crippen LogP contribution in [-0.2, 0) is 4.79 Å². The molecule has 0 aliphatic carbocycles. The number of carboxylic acids is 1. The molecule has 1 aromatic heterocycles. The number of rotatable bonds is 5. The number of Topliss-reactive ketones (excluding diaryl/α,β-unsaturated/α-hetero) is 1. The molecule has 0 radical (unpaired) electrons. The van der Waals surface area contributed by atoms with Gasteiger partial charge in [0.2, 0.25) is 0 Å². The third-order valence-corrected chi connectivity index (χ3v) is 3.35. The van der Waals surface area contributed by atoms with E-state index in [1.807, 2.05) is 5.38 Å². The molecule has 0 aliphatic heterocycles. The molecule has 0 aromatic carbocycles. The van der Waals surface area contributed by atoms with Gasteiger partial charge in [0.15, 0.2) is 5.78 Å². The van der Waals surface area contributed by atoms with Gasteiger partial charge in [0, 0.05) is 0 Å². The molecule has 1 unspecified atom stereocenters. The molecule has 1 atom stereocenters. The number of thiocarbonyl (C=S) groups is 1. The molecule has 6 heteroatoms. The first kappa shape index (κ1) is 12.8. The lowest BCUT2D eigenvalue weighted by Crippen LogP contribution is -2.35. The predicted molar refractivity (Wildman–Crippen MR) is 66.1 cm³/mol. The van der Waals surface area contributed by atoms with Crippen LogP contribution in [0.2, 0.25) is 0 Å². The van der Waals surface area contributed by atoms with Crippen LogP contribution in [0.25, 0.3) is 0 Å². The molecule has 0 saturated heterocycles. The number of ketones is 1. The lowest BCUT2D eigenvalue weighted by Gasteiger charge is -2.11. The second-order valence-corrected chi connectivity index (χ2v) is 4.56. The fourth-order valence-electron chi connectivity index (χ4n) is 1.07. The highest BCUT2D eigenvalue weighted by atomic mass is 32.1. The maximum absolute atomic E-state index is 11.8. The summed E-state index contributed by atoms with van der Waals surface area (Å²) in [7, 11) is 0. The summed E-state index contributed by atoms with van der Waals surface area (Å²) in [5.41, 5.74) is 0. The molecule has 86 valence electrons. The molecule has 0 saturated carbocycles. The van der Waals surface area contributed by atoms with E-state index in [9.17, 15) is 9.59 Å².